The van der Waals surface area contributed by atoms with Crippen molar-refractivity contribution in [1.29, 1.82) is 0 Å². The average molecular weight is 323 g/mol. The van der Waals surface area contributed by atoms with Gasteiger partial charge in [-0.2, -0.15) is 0 Å². The number of benzene rings is 2. The van der Waals surface area contributed by atoms with E-state index >= 15 is 0 Å². The second-order valence-corrected chi connectivity index (χ2v) is 5.97. The molecule has 1 aromatic heterocycles. The lowest BCUT2D eigenvalue weighted by Gasteiger charge is -2.19. The Kier molecular flexibility index (Phi) is 4.57. The lowest BCUT2D eigenvalue weighted by atomic mass is 10.1. The highest BCUT2D eigenvalue weighted by Gasteiger charge is 2.15. The van der Waals surface area contributed by atoms with Gasteiger partial charge in [0.2, 0.25) is 0 Å². The van der Waals surface area contributed by atoms with Crippen molar-refractivity contribution >= 4 is 34.3 Å². The summed E-state index contributed by atoms with van der Waals surface area (Å²) in [6.07, 6.45) is 1.95. The number of nitrogens with zero attached hydrogens (tertiary/aromatic N) is 3. The van der Waals surface area contributed by atoms with Gasteiger partial charge in [0.05, 0.1) is 12.1 Å². The SMILES string of the molecule is CSc1nc(N(C)CC(=O)c2ccccc2)c2ccccc2n1. The third-order valence-electron chi connectivity index (χ3n) is 3.58. The number of anilines is 1. The van der Waals surface area contributed by atoms with Gasteiger partial charge in [0.25, 0.3) is 0 Å². The highest BCUT2D eigenvalue weighted by molar-refractivity contribution is 7.98. The second kappa shape index (κ2) is 6.79. The number of ketones is 1. The summed E-state index contributed by atoms with van der Waals surface area (Å²) in [5, 5.41) is 1.66. The van der Waals surface area contributed by atoms with E-state index in [0.717, 1.165) is 16.7 Å². The Morgan fingerprint density at radius 2 is 1.74 bits per heavy atom. The lowest BCUT2D eigenvalue weighted by Crippen LogP contribution is -2.27. The summed E-state index contributed by atoms with van der Waals surface area (Å²) in [6, 6.07) is 17.2. The molecule has 0 spiro atoms. The first-order valence-corrected chi connectivity index (χ1v) is 8.51. The molecule has 0 saturated carbocycles. The quantitative estimate of drug-likeness (QED) is 0.407. The van der Waals surface area contributed by atoms with E-state index in [1.165, 1.54) is 11.8 Å². The summed E-state index contributed by atoms with van der Waals surface area (Å²) in [5.74, 6) is 0.853. The summed E-state index contributed by atoms with van der Waals surface area (Å²) >= 11 is 1.50. The summed E-state index contributed by atoms with van der Waals surface area (Å²) in [5.41, 5.74) is 1.60. The standard InChI is InChI=1S/C18H17N3OS/c1-21(12-16(22)13-8-4-3-5-9-13)17-14-10-6-7-11-15(14)19-18(20-17)23-2/h3-11H,12H2,1-2H3. The van der Waals surface area contributed by atoms with Crippen LogP contribution < -0.4 is 4.90 Å². The molecule has 0 aliphatic rings. The van der Waals surface area contributed by atoms with Crippen molar-refractivity contribution in [2.45, 2.75) is 5.16 Å². The number of carbonyl (C=O) groups excluding carboxylic acids is 1. The predicted octanol–water partition coefficient (Wildman–Crippen LogP) is 3.67. The monoisotopic (exact) mass is 323 g/mol. The molecule has 0 bridgehead atoms. The number of likely N-dealkylation sites (N-methyl/N-ethyl adjacent to an activating group) is 1. The summed E-state index contributed by atoms with van der Waals surface area (Å²) in [7, 11) is 1.89. The number of fused-ring (bicyclic) bond motifs is 1. The van der Waals surface area contributed by atoms with Gasteiger partial charge in [-0.05, 0) is 18.4 Å². The minimum atomic E-state index is 0.0708. The van der Waals surface area contributed by atoms with Crippen molar-refractivity contribution < 1.29 is 4.79 Å². The van der Waals surface area contributed by atoms with Crippen LogP contribution in [0.3, 0.4) is 0 Å². The van der Waals surface area contributed by atoms with Gasteiger partial charge in [0.15, 0.2) is 10.9 Å². The topological polar surface area (TPSA) is 46.1 Å². The fraction of sp³-hybridized carbons (Fsp3) is 0.167. The number of aromatic nitrogens is 2. The molecular formula is C18H17N3OS. The molecule has 23 heavy (non-hydrogen) atoms. The number of hydrogen-bond acceptors (Lipinski definition) is 5. The number of thioether (sulfide) groups is 1. The second-order valence-electron chi connectivity index (χ2n) is 5.20. The molecule has 3 rings (SSSR count). The number of rotatable bonds is 5. The van der Waals surface area contributed by atoms with Crippen molar-refractivity contribution in [3.63, 3.8) is 0 Å². The maximum atomic E-state index is 12.4. The molecule has 3 aromatic rings. The van der Waals surface area contributed by atoms with Crippen LogP contribution in [0.2, 0.25) is 0 Å². The average Bonchev–Trinajstić information content (AvgIpc) is 2.61. The van der Waals surface area contributed by atoms with Crippen LogP contribution in [0.15, 0.2) is 59.8 Å². The van der Waals surface area contributed by atoms with Crippen LogP contribution in [0.5, 0.6) is 0 Å². The maximum absolute atomic E-state index is 12.4. The number of Topliss-reactive ketones (excluding diaryl/α,β-unsaturated/α-hetero) is 1. The Labute approximate surface area is 139 Å². The molecule has 0 amide bonds. The van der Waals surface area contributed by atoms with Crippen LogP contribution in [-0.4, -0.2) is 35.6 Å². The molecule has 0 N–H and O–H groups in total. The van der Waals surface area contributed by atoms with Crippen LogP contribution in [0.25, 0.3) is 10.9 Å². The van der Waals surface area contributed by atoms with Crippen LogP contribution in [0.1, 0.15) is 10.4 Å². The molecule has 0 atom stereocenters. The van der Waals surface area contributed by atoms with Crippen molar-refractivity contribution in [3.8, 4) is 0 Å². The van der Waals surface area contributed by atoms with E-state index in [-0.39, 0.29) is 12.3 Å². The van der Waals surface area contributed by atoms with Gasteiger partial charge in [-0.1, -0.05) is 54.2 Å². The number of para-hydroxylation sites is 1. The molecule has 116 valence electrons. The molecule has 0 aliphatic carbocycles. The summed E-state index contributed by atoms with van der Waals surface area (Å²) in [4.78, 5) is 23.4. The van der Waals surface area contributed by atoms with Gasteiger partial charge in [-0.3, -0.25) is 4.79 Å². The van der Waals surface area contributed by atoms with Gasteiger partial charge in [0, 0.05) is 18.0 Å². The summed E-state index contributed by atoms with van der Waals surface area (Å²) in [6.45, 7) is 0.277. The van der Waals surface area contributed by atoms with Gasteiger partial charge < -0.3 is 4.90 Å². The number of hydrogen-bond donors (Lipinski definition) is 0. The fourth-order valence-electron chi connectivity index (χ4n) is 2.43. The third-order valence-corrected chi connectivity index (χ3v) is 4.13. The van der Waals surface area contributed by atoms with E-state index in [9.17, 15) is 4.79 Å². The first kappa shape index (κ1) is 15.5. The van der Waals surface area contributed by atoms with Crippen molar-refractivity contribution in [2.75, 3.05) is 24.7 Å². The van der Waals surface area contributed by atoms with Gasteiger partial charge in [-0.25, -0.2) is 9.97 Å². The Balaban J connectivity index is 1.94. The van der Waals surface area contributed by atoms with Gasteiger partial charge >= 0.3 is 0 Å². The molecule has 0 fully saturated rings. The van der Waals surface area contributed by atoms with Crippen LogP contribution in [-0.2, 0) is 0 Å². The Hall–Kier alpha value is -2.40. The van der Waals surface area contributed by atoms with E-state index in [4.69, 9.17) is 0 Å². The Bertz CT molecular complexity index is 836. The molecule has 0 radical (unpaired) electrons. The zero-order chi connectivity index (χ0) is 16.2. The zero-order valence-corrected chi connectivity index (χ0v) is 13.9. The highest BCUT2D eigenvalue weighted by atomic mass is 32.2. The van der Waals surface area contributed by atoms with E-state index in [1.54, 1.807) is 0 Å². The number of carbonyl (C=O) groups is 1. The first-order valence-electron chi connectivity index (χ1n) is 7.29. The van der Waals surface area contributed by atoms with Crippen LogP contribution >= 0.6 is 11.8 Å². The lowest BCUT2D eigenvalue weighted by molar-refractivity contribution is 0.1000. The van der Waals surface area contributed by atoms with Gasteiger partial charge in [-0.15, -0.1) is 0 Å². The largest absolute Gasteiger partial charge is 0.351 e. The van der Waals surface area contributed by atoms with E-state index in [0.29, 0.717) is 10.7 Å². The van der Waals surface area contributed by atoms with Crippen LogP contribution in [0.4, 0.5) is 5.82 Å². The van der Waals surface area contributed by atoms with E-state index in [2.05, 4.69) is 9.97 Å². The molecule has 5 heteroatoms. The first-order chi connectivity index (χ1) is 11.2. The predicted molar refractivity (Wildman–Crippen MR) is 95.4 cm³/mol. The zero-order valence-electron chi connectivity index (χ0n) is 13.1. The molecule has 1 heterocycles. The Morgan fingerprint density at radius 1 is 1.04 bits per heavy atom. The molecule has 2 aromatic carbocycles. The maximum Gasteiger partial charge on any atom is 0.189 e. The van der Waals surface area contributed by atoms with E-state index < -0.39 is 0 Å². The molecule has 0 unspecified atom stereocenters. The van der Waals surface area contributed by atoms with Crippen molar-refractivity contribution in [2.24, 2.45) is 0 Å². The molecule has 0 aliphatic heterocycles. The minimum absolute atomic E-state index is 0.0708. The van der Waals surface area contributed by atoms with Crippen molar-refractivity contribution in [1.82, 2.24) is 9.97 Å². The smallest absolute Gasteiger partial charge is 0.189 e. The third kappa shape index (κ3) is 3.35. The summed E-state index contributed by atoms with van der Waals surface area (Å²) < 4.78 is 0. The molecule has 0 saturated heterocycles. The van der Waals surface area contributed by atoms with Crippen molar-refractivity contribution in [3.05, 3.63) is 60.2 Å². The molecule has 4 nitrogen and oxygen atoms in total. The van der Waals surface area contributed by atoms with Gasteiger partial charge in [0.1, 0.15) is 5.82 Å². The molecular weight excluding hydrogens is 306 g/mol. The fourth-order valence-corrected chi connectivity index (χ4v) is 2.79. The minimum Gasteiger partial charge on any atom is -0.351 e. The normalized spacial score (nSPS) is 10.7. The van der Waals surface area contributed by atoms with E-state index in [1.807, 2.05) is 72.8 Å². The Morgan fingerprint density at radius 3 is 2.48 bits per heavy atom. The van der Waals surface area contributed by atoms with Crippen LogP contribution in [0, 0.1) is 0 Å². The highest BCUT2D eigenvalue weighted by Crippen LogP contribution is 2.25.